The minimum absolute atomic E-state index is 0. The summed E-state index contributed by atoms with van der Waals surface area (Å²) in [4.78, 5) is 29.3. The summed E-state index contributed by atoms with van der Waals surface area (Å²) >= 11 is 0. The molecule has 0 rings (SSSR count). The fraction of sp³-hybridized carbons (Fsp3) is 0. The molecule has 0 aromatic carbocycles. The van der Waals surface area contributed by atoms with E-state index in [0.29, 0.717) is 0 Å². The van der Waals surface area contributed by atoms with E-state index in [-0.39, 0.29) is 40.5 Å². The van der Waals surface area contributed by atoms with Gasteiger partial charge in [0.25, 0.3) is 0 Å². The van der Waals surface area contributed by atoms with Crippen LogP contribution in [-0.4, -0.2) is 68.8 Å². The van der Waals surface area contributed by atoms with Gasteiger partial charge in [-0.2, -0.15) is 0 Å². The molecule has 0 unspecified atom stereocenters. The zero-order valence-electron chi connectivity index (χ0n) is 2.29. The fourth-order valence-electron chi connectivity index (χ4n) is 0. The minimum Gasteiger partial charge on any atom is -0.0149 e. The summed E-state index contributed by atoms with van der Waals surface area (Å²) in [5, 5.41) is 0. The number of hydrogen-bond donors (Lipinski definition) is 4. The first-order valence-corrected chi connectivity index (χ1v) is 2.68. The van der Waals surface area contributed by atoms with Crippen LogP contribution >= 0.6 is 0 Å². The average Bonchev–Trinajstić information content (AvgIpc) is 0.722. The van der Waals surface area contributed by atoms with Crippen LogP contribution in [0.3, 0.4) is 0 Å². The molecule has 0 heterocycles. The largest absolute Gasteiger partial charge is 0.0149 e. The average molecular weight is 152 g/mol. The number of hydrogen-bond acceptors (Lipinski definition) is 4. The molecule has 0 amide bonds. The van der Waals surface area contributed by atoms with E-state index in [9.17, 15) is 0 Å². The van der Waals surface area contributed by atoms with Crippen molar-refractivity contribution in [2.45, 2.75) is 0 Å². The first-order valence-electron chi connectivity index (χ1n) is 0.894. The van der Waals surface area contributed by atoms with E-state index in [4.69, 9.17) is 19.2 Å². The summed E-state index contributed by atoms with van der Waals surface area (Å²) in [5.41, 5.74) is 0. The summed E-state index contributed by atoms with van der Waals surface area (Å²) in [6.45, 7) is 0. The van der Waals surface area contributed by atoms with Gasteiger partial charge in [0.2, 0.25) is 0 Å². The second kappa shape index (κ2) is 5.41. The standard InChI is InChI=1S/Na.H4O4Si.H4Si.H/c;1-5(2,3)4;;/h;1-4H;1H4;. The van der Waals surface area contributed by atoms with Crippen molar-refractivity contribution in [3.8, 4) is 0 Å². The molecule has 0 aliphatic carbocycles. The van der Waals surface area contributed by atoms with Crippen molar-refractivity contribution in [1.82, 2.24) is 0 Å². The quantitative estimate of drug-likeness (QED) is 0.263. The first kappa shape index (κ1) is 15.7. The molecule has 0 saturated heterocycles. The van der Waals surface area contributed by atoms with Gasteiger partial charge in [-0.1, -0.05) is 0 Å². The third-order valence-electron chi connectivity index (χ3n) is 0. The zero-order chi connectivity index (χ0) is 4.50. The zero-order valence-corrected chi connectivity index (χ0v) is 3.29. The van der Waals surface area contributed by atoms with Crippen LogP contribution in [-0.2, 0) is 0 Å². The van der Waals surface area contributed by atoms with Crippen LogP contribution < -0.4 is 0 Å². The van der Waals surface area contributed by atoms with Gasteiger partial charge in [-0.15, -0.1) is 0 Å². The van der Waals surface area contributed by atoms with Gasteiger partial charge in [0.05, 0.1) is 0 Å². The summed E-state index contributed by atoms with van der Waals surface area (Å²) in [6, 6.07) is 0. The summed E-state index contributed by atoms with van der Waals surface area (Å²) in [6.07, 6.45) is 0. The Morgan fingerprint density at radius 3 is 0.857 bits per heavy atom. The maximum Gasteiger partial charge on any atom is -0.0149 e. The van der Waals surface area contributed by atoms with E-state index in [0.717, 1.165) is 0 Å². The van der Waals surface area contributed by atoms with Gasteiger partial charge in [0.1, 0.15) is 0 Å². The predicted molar refractivity (Wildman–Crippen MR) is 33.1 cm³/mol. The van der Waals surface area contributed by atoms with Crippen molar-refractivity contribution in [1.29, 1.82) is 0 Å². The van der Waals surface area contributed by atoms with Crippen molar-refractivity contribution in [3.05, 3.63) is 0 Å². The third kappa shape index (κ3) is 125. The van der Waals surface area contributed by atoms with Crippen LogP contribution in [0.15, 0.2) is 0 Å². The van der Waals surface area contributed by atoms with Gasteiger partial charge in [-0.3, -0.25) is 0 Å². The molecule has 0 aromatic rings. The predicted octanol–water partition coefficient (Wildman–Crippen LogP) is -4.71. The second-order valence-corrected chi connectivity index (χ2v) is 1.80. The van der Waals surface area contributed by atoms with Crippen molar-refractivity contribution < 1.29 is 19.2 Å². The molecule has 0 aromatic heterocycles. The SMILES string of the molecule is O[Si](O)(O)O.[NaH].[SiH4]. The van der Waals surface area contributed by atoms with Gasteiger partial charge in [-0.25, -0.2) is 0 Å². The van der Waals surface area contributed by atoms with Crippen LogP contribution in [0, 0.1) is 0 Å². The van der Waals surface area contributed by atoms with Crippen LogP contribution in [0.2, 0.25) is 0 Å². The smallest absolute Gasteiger partial charge is 0.0149 e. The Morgan fingerprint density at radius 1 is 0.857 bits per heavy atom. The molecule has 0 fully saturated rings. The Morgan fingerprint density at radius 2 is 0.857 bits per heavy atom. The molecule has 7 heteroatoms. The van der Waals surface area contributed by atoms with Gasteiger partial charge < -0.3 is 19.2 Å². The summed E-state index contributed by atoms with van der Waals surface area (Å²) in [5.74, 6) is 0. The van der Waals surface area contributed by atoms with Gasteiger partial charge >= 0.3 is 38.6 Å². The van der Waals surface area contributed by atoms with E-state index in [2.05, 4.69) is 0 Å². The normalized spacial score (nSPS) is 8.57. The summed E-state index contributed by atoms with van der Waals surface area (Å²) < 4.78 is 0. The molecule has 0 atom stereocenters. The molecule has 0 bridgehead atoms. The molecule has 0 radical (unpaired) electrons. The Kier molecular flexibility index (Phi) is 12.2. The molecule has 0 saturated carbocycles. The van der Waals surface area contributed by atoms with Crippen molar-refractivity contribution in [3.63, 3.8) is 0 Å². The molecular weight excluding hydrogens is 143 g/mol. The minimum atomic E-state index is -4.61. The van der Waals surface area contributed by atoms with E-state index in [1.807, 2.05) is 0 Å². The molecule has 42 valence electrons. The Balaban J connectivity index is -0.0000000800. The van der Waals surface area contributed by atoms with E-state index >= 15 is 0 Å². The van der Waals surface area contributed by atoms with Gasteiger partial charge in [0, 0.05) is 0 Å². The molecule has 0 spiro atoms. The third-order valence-corrected chi connectivity index (χ3v) is 0. The van der Waals surface area contributed by atoms with Crippen LogP contribution in [0.1, 0.15) is 0 Å². The molecular formula is H9NaO4Si2. The molecule has 0 aliphatic rings. The fourth-order valence-corrected chi connectivity index (χ4v) is 0. The van der Waals surface area contributed by atoms with E-state index in [1.54, 1.807) is 0 Å². The van der Waals surface area contributed by atoms with Crippen molar-refractivity contribution in [2.75, 3.05) is 0 Å². The molecule has 7 heavy (non-hydrogen) atoms. The molecule has 4 N–H and O–H groups in total. The summed E-state index contributed by atoms with van der Waals surface area (Å²) in [7, 11) is -4.61. The first-order chi connectivity index (χ1) is 2.00. The maximum absolute atomic E-state index is 7.33. The van der Waals surface area contributed by atoms with Crippen LogP contribution in [0.25, 0.3) is 0 Å². The Bertz CT molecular complexity index is 25.2. The van der Waals surface area contributed by atoms with Gasteiger partial charge in [-0.05, 0) is 11.0 Å². The van der Waals surface area contributed by atoms with Crippen LogP contribution in [0.4, 0.5) is 0 Å². The monoisotopic (exact) mass is 152 g/mol. The van der Waals surface area contributed by atoms with E-state index < -0.39 is 9.05 Å². The maximum atomic E-state index is 7.33. The Labute approximate surface area is 68.6 Å². The Hall–Kier alpha value is 1.27. The van der Waals surface area contributed by atoms with Crippen molar-refractivity contribution in [2.24, 2.45) is 0 Å². The van der Waals surface area contributed by atoms with Crippen LogP contribution in [0.5, 0.6) is 0 Å². The molecule has 4 nitrogen and oxygen atoms in total. The van der Waals surface area contributed by atoms with Gasteiger partial charge in [0.15, 0.2) is 0 Å². The topological polar surface area (TPSA) is 80.9 Å². The second-order valence-electron chi connectivity index (χ2n) is 0.600. The number of rotatable bonds is 0. The van der Waals surface area contributed by atoms with Crippen molar-refractivity contribution >= 4 is 49.6 Å². The molecule has 0 aliphatic heterocycles. The van der Waals surface area contributed by atoms with E-state index in [1.165, 1.54) is 0 Å².